The average Bonchev–Trinajstić information content (AvgIpc) is 2.44. The largest absolute Gasteiger partial charge is 0.373 e. The van der Waals surface area contributed by atoms with Gasteiger partial charge in [-0.2, -0.15) is 4.89 Å². The predicted octanol–water partition coefficient (Wildman–Crippen LogP) is 2.53. The van der Waals surface area contributed by atoms with Gasteiger partial charge in [0.25, 0.3) is 0 Å². The summed E-state index contributed by atoms with van der Waals surface area (Å²) in [7, 11) is -1.81. The molecule has 0 spiro atoms. The standard InChI is InChI=1S/C14H18O3Si/c1-5-16-17-14(15)12-8-10-13(11-9-12)18(4,6-2)7-3/h6-11H,2-3,5H2,1,4H3. The molecule has 0 aliphatic rings. The van der Waals surface area contributed by atoms with E-state index in [4.69, 9.17) is 0 Å². The zero-order chi connectivity index (χ0) is 13.6. The van der Waals surface area contributed by atoms with E-state index in [1.165, 1.54) is 0 Å². The predicted molar refractivity (Wildman–Crippen MR) is 75.1 cm³/mol. The summed E-state index contributed by atoms with van der Waals surface area (Å²) in [4.78, 5) is 20.7. The fourth-order valence-electron chi connectivity index (χ4n) is 1.45. The van der Waals surface area contributed by atoms with Gasteiger partial charge in [0.2, 0.25) is 0 Å². The normalized spacial score (nSPS) is 10.8. The SMILES string of the molecule is C=C[Si](C)(C=C)c1ccc(C(=O)OOCC)cc1. The van der Waals surface area contributed by atoms with Crippen molar-refractivity contribution < 1.29 is 14.6 Å². The minimum absolute atomic E-state index is 0.335. The van der Waals surface area contributed by atoms with Gasteiger partial charge in [-0.15, -0.1) is 13.2 Å². The van der Waals surface area contributed by atoms with Gasteiger partial charge in [-0.05, 0) is 19.1 Å². The molecule has 4 heteroatoms. The maximum absolute atomic E-state index is 11.5. The maximum atomic E-state index is 11.5. The first-order chi connectivity index (χ1) is 8.57. The van der Waals surface area contributed by atoms with Crippen molar-refractivity contribution in [1.82, 2.24) is 0 Å². The zero-order valence-corrected chi connectivity index (χ0v) is 11.8. The number of carbonyl (C=O) groups is 1. The minimum Gasteiger partial charge on any atom is -0.293 e. The highest BCUT2D eigenvalue weighted by molar-refractivity contribution is 6.98. The molecule has 0 aliphatic carbocycles. The number of carbonyl (C=O) groups excluding carboxylic acids is 1. The monoisotopic (exact) mass is 262 g/mol. The van der Waals surface area contributed by atoms with Gasteiger partial charge in [-0.25, -0.2) is 4.79 Å². The van der Waals surface area contributed by atoms with Gasteiger partial charge in [-0.1, -0.05) is 35.3 Å². The molecule has 1 aromatic rings. The molecule has 0 unspecified atom stereocenters. The first-order valence-corrected chi connectivity index (χ1v) is 8.44. The van der Waals surface area contributed by atoms with E-state index in [9.17, 15) is 4.79 Å². The Hall–Kier alpha value is -1.65. The van der Waals surface area contributed by atoms with E-state index >= 15 is 0 Å². The summed E-state index contributed by atoms with van der Waals surface area (Å²) in [5.74, 6) is -0.482. The molecule has 0 saturated carbocycles. The Bertz CT molecular complexity index is 429. The number of benzene rings is 1. The maximum Gasteiger partial charge on any atom is 0.373 e. The lowest BCUT2D eigenvalue weighted by molar-refractivity contribution is -0.236. The van der Waals surface area contributed by atoms with Crippen molar-refractivity contribution in [2.24, 2.45) is 0 Å². The molecule has 0 heterocycles. The molecule has 0 radical (unpaired) electrons. The van der Waals surface area contributed by atoms with E-state index in [2.05, 4.69) is 29.5 Å². The number of rotatable bonds is 6. The lowest BCUT2D eigenvalue weighted by atomic mass is 10.2. The van der Waals surface area contributed by atoms with E-state index in [0.29, 0.717) is 12.2 Å². The van der Waals surface area contributed by atoms with Gasteiger partial charge in [-0.3, -0.25) is 4.89 Å². The molecular weight excluding hydrogens is 244 g/mol. The van der Waals surface area contributed by atoms with Crippen molar-refractivity contribution in [1.29, 1.82) is 0 Å². The molecule has 0 bridgehead atoms. The van der Waals surface area contributed by atoms with Crippen LogP contribution in [0.25, 0.3) is 0 Å². The molecule has 1 rings (SSSR count). The van der Waals surface area contributed by atoms with Crippen LogP contribution in [0, 0.1) is 0 Å². The molecule has 0 N–H and O–H groups in total. The molecule has 0 amide bonds. The van der Waals surface area contributed by atoms with Crippen molar-refractivity contribution in [2.45, 2.75) is 13.5 Å². The zero-order valence-electron chi connectivity index (χ0n) is 10.8. The van der Waals surface area contributed by atoms with E-state index in [1.807, 2.05) is 23.5 Å². The Morgan fingerprint density at radius 3 is 2.28 bits per heavy atom. The van der Waals surface area contributed by atoms with Gasteiger partial charge in [0, 0.05) is 0 Å². The molecule has 1 aromatic carbocycles. The van der Waals surface area contributed by atoms with Gasteiger partial charge in [0.15, 0.2) is 0 Å². The third-order valence-corrected chi connectivity index (χ3v) is 6.12. The van der Waals surface area contributed by atoms with Crippen LogP contribution in [0.4, 0.5) is 0 Å². The molecule has 96 valence electrons. The van der Waals surface area contributed by atoms with Crippen LogP contribution in [-0.2, 0) is 9.78 Å². The fourth-order valence-corrected chi connectivity index (χ4v) is 2.97. The van der Waals surface area contributed by atoms with Gasteiger partial charge >= 0.3 is 5.97 Å². The highest BCUT2D eigenvalue weighted by Gasteiger charge is 2.21. The van der Waals surface area contributed by atoms with E-state index in [-0.39, 0.29) is 0 Å². The number of hydrogen-bond donors (Lipinski definition) is 0. The molecule has 0 saturated heterocycles. The topological polar surface area (TPSA) is 35.5 Å². The van der Waals surface area contributed by atoms with Crippen LogP contribution >= 0.6 is 0 Å². The van der Waals surface area contributed by atoms with Crippen LogP contribution in [0.2, 0.25) is 6.55 Å². The first-order valence-electron chi connectivity index (χ1n) is 5.79. The molecule has 18 heavy (non-hydrogen) atoms. The lowest BCUT2D eigenvalue weighted by Gasteiger charge is -2.18. The summed E-state index contributed by atoms with van der Waals surface area (Å²) in [6.45, 7) is 11.9. The van der Waals surface area contributed by atoms with Crippen molar-refractivity contribution in [3.05, 3.63) is 54.4 Å². The second-order valence-electron chi connectivity index (χ2n) is 4.05. The summed E-state index contributed by atoms with van der Waals surface area (Å²) >= 11 is 0. The van der Waals surface area contributed by atoms with Crippen LogP contribution in [0.3, 0.4) is 0 Å². The van der Waals surface area contributed by atoms with Crippen LogP contribution in [0.15, 0.2) is 48.8 Å². The van der Waals surface area contributed by atoms with E-state index in [1.54, 1.807) is 19.1 Å². The lowest BCUT2D eigenvalue weighted by Crippen LogP contribution is -2.40. The molecule has 0 fully saturated rings. The minimum atomic E-state index is -1.81. The Balaban J connectivity index is 2.89. The summed E-state index contributed by atoms with van der Waals surface area (Å²) in [5.41, 5.74) is 4.37. The highest BCUT2D eigenvalue weighted by Crippen LogP contribution is 2.08. The summed E-state index contributed by atoms with van der Waals surface area (Å²) in [6, 6.07) is 7.29. The average molecular weight is 262 g/mol. The van der Waals surface area contributed by atoms with Crippen molar-refractivity contribution >= 4 is 19.2 Å². The third-order valence-electron chi connectivity index (χ3n) is 2.84. The Labute approximate surface area is 109 Å². The van der Waals surface area contributed by atoms with Gasteiger partial charge in [0.05, 0.1) is 12.2 Å². The first kappa shape index (κ1) is 14.4. The smallest absolute Gasteiger partial charge is 0.293 e. The Kier molecular flexibility index (Phi) is 5.06. The second-order valence-corrected chi connectivity index (χ2v) is 8.00. The van der Waals surface area contributed by atoms with Crippen LogP contribution in [0.5, 0.6) is 0 Å². The Morgan fingerprint density at radius 1 is 1.28 bits per heavy atom. The second kappa shape index (κ2) is 6.33. The van der Waals surface area contributed by atoms with Gasteiger partial charge < -0.3 is 0 Å². The quantitative estimate of drug-likeness (QED) is 0.449. The molecule has 0 aliphatic heterocycles. The van der Waals surface area contributed by atoms with E-state index in [0.717, 1.165) is 5.19 Å². The molecule has 0 aromatic heterocycles. The van der Waals surface area contributed by atoms with E-state index < -0.39 is 14.0 Å². The Morgan fingerprint density at radius 2 is 1.83 bits per heavy atom. The summed E-state index contributed by atoms with van der Waals surface area (Å²) in [5, 5.41) is 1.15. The van der Waals surface area contributed by atoms with Gasteiger partial charge in [0.1, 0.15) is 8.07 Å². The summed E-state index contributed by atoms with van der Waals surface area (Å²) < 4.78 is 0. The van der Waals surface area contributed by atoms with Crippen LogP contribution in [-0.4, -0.2) is 20.7 Å². The van der Waals surface area contributed by atoms with Crippen molar-refractivity contribution in [3.8, 4) is 0 Å². The molecule has 0 atom stereocenters. The fraction of sp³-hybridized carbons (Fsp3) is 0.214. The van der Waals surface area contributed by atoms with Crippen molar-refractivity contribution in [2.75, 3.05) is 6.61 Å². The van der Waals surface area contributed by atoms with Crippen molar-refractivity contribution in [3.63, 3.8) is 0 Å². The molecular formula is C14H18O3Si. The van der Waals surface area contributed by atoms with Crippen LogP contribution in [0.1, 0.15) is 17.3 Å². The highest BCUT2D eigenvalue weighted by atomic mass is 28.3. The number of hydrogen-bond acceptors (Lipinski definition) is 3. The van der Waals surface area contributed by atoms with Crippen LogP contribution < -0.4 is 5.19 Å². The summed E-state index contributed by atoms with van der Waals surface area (Å²) in [6.07, 6.45) is 0. The molecule has 3 nitrogen and oxygen atoms in total. The third kappa shape index (κ3) is 3.18.